The van der Waals surface area contributed by atoms with Gasteiger partial charge in [0.15, 0.2) is 5.96 Å². The maximum atomic E-state index is 11.5. The van der Waals surface area contributed by atoms with Gasteiger partial charge in [0.2, 0.25) is 10.0 Å². The van der Waals surface area contributed by atoms with Gasteiger partial charge in [-0.3, -0.25) is 0 Å². The van der Waals surface area contributed by atoms with Crippen LogP contribution < -0.4 is 20.1 Å². The third-order valence-corrected chi connectivity index (χ3v) is 5.23. The van der Waals surface area contributed by atoms with Crippen molar-refractivity contribution in [2.75, 3.05) is 26.0 Å². The number of aryl methyl sites for hydroxylation is 1. The molecule has 1 aromatic carbocycles. The van der Waals surface area contributed by atoms with Gasteiger partial charge in [-0.15, -0.1) is 0 Å². The van der Waals surface area contributed by atoms with Crippen molar-refractivity contribution >= 4 is 16.0 Å². The van der Waals surface area contributed by atoms with E-state index in [1.54, 1.807) is 0 Å². The maximum absolute atomic E-state index is 11.5. The number of sulfonamides is 1. The Morgan fingerprint density at radius 3 is 2.61 bits per heavy atom. The predicted molar refractivity (Wildman–Crippen MR) is 114 cm³/mol. The summed E-state index contributed by atoms with van der Waals surface area (Å²) in [4.78, 5) is 4.65. The number of nitrogens with one attached hydrogen (secondary N) is 3. The summed E-state index contributed by atoms with van der Waals surface area (Å²) in [6.07, 6.45) is 3.67. The molecule has 0 heterocycles. The monoisotopic (exact) mass is 410 g/mol. The molecule has 158 valence electrons. The summed E-state index contributed by atoms with van der Waals surface area (Å²) in [5.41, 5.74) is 1.57. The van der Waals surface area contributed by atoms with Crippen molar-refractivity contribution in [3.8, 4) is 5.75 Å². The molecule has 0 aromatic heterocycles. The summed E-state index contributed by atoms with van der Waals surface area (Å²) in [5.74, 6) is 2.23. The summed E-state index contributed by atoms with van der Waals surface area (Å²) >= 11 is 0. The van der Waals surface area contributed by atoms with E-state index in [9.17, 15) is 8.42 Å². The van der Waals surface area contributed by atoms with Gasteiger partial charge in [-0.2, -0.15) is 0 Å². The summed E-state index contributed by atoms with van der Waals surface area (Å²) in [6, 6.07) is 6.18. The summed E-state index contributed by atoms with van der Waals surface area (Å²) in [7, 11) is -3.28. The summed E-state index contributed by atoms with van der Waals surface area (Å²) in [5, 5.41) is 6.42. The fourth-order valence-electron chi connectivity index (χ4n) is 2.77. The van der Waals surface area contributed by atoms with E-state index in [1.165, 1.54) is 12.8 Å². The SMILES string of the molecule is CCNC(=NCc1ccc(C)cc1OCC1CC1)NCC(C)(C)NS(C)(=O)=O. The van der Waals surface area contributed by atoms with Crippen molar-refractivity contribution in [2.45, 2.75) is 52.6 Å². The van der Waals surface area contributed by atoms with E-state index in [4.69, 9.17) is 4.74 Å². The molecule has 0 unspecified atom stereocenters. The van der Waals surface area contributed by atoms with Crippen LogP contribution >= 0.6 is 0 Å². The molecule has 0 bridgehead atoms. The van der Waals surface area contributed by atoms with E-state index in [0.29, 0.717) is 31.5 Å². The maximum Gasteiger partial charge on any atom is 0.209 e. The molecule has 1 saturated carbocycles. The van der Waals surface area contributed by atoms with Crippen LogP contribution in [-0.2, 0) is 16.6 Å². The first-order valence-corrected chi connectivity index (χ1v) is 11.7. The van der Waals surface area contributed by atoms with Crippen LogP contribution in [0.15, 0.2) is 23.2 Å². The van der Waals surface area contributed by atoms with Crippen LogP contribution in [0.2, 0.25) is 0 Å². The van der Waals surface area contributed by atoms with Crippen LogP contribution in [0.25, 0.3) is 0 Å². The lowest BCUT2D eigenvalue weighted by atomic mass is 10.1. The van der Waals surface area contributed by atoms with Gasteiger partial charge in [-0.25, -0.2) is 18.1 Å². The van der Waals surface area contributed by atoms with Crippen molar-refractivity contribution in [3.05, 3.63) is 29.3 Å². The third kappa shape index (κ3) is 8.48. The Labute approximate surface area is 169 Å². The lowest BCUT2D eigenvalue weighted by Crippen LogP contribution is -2.53. The minimum absolute atomic E-state index is 0.408. The zero-order valence-electron chi connectivity index (χ0n) is 17.6. The van der Waals surface area contributed by atoms with Crippen LogP contribution in [0.5, 0.6) is 5.75 Å². The van der Waals surface area contributed by atoms with Gasteiger partial charge < -0.3 is 15.4 Å². The lowest BCUT2D eigenvalue weighted by Gasteiger charge is -2.26. The zero-order chi connectivity index (χ0) is 20.8. The van der Waals surface area contributed by atoms with E-state index in [-0.39, 0.29) is 0 Å². The average molecular weight is 411 g/mol. The van der Waals surface area contributed by atoms with E-state index in [0.717, 1.165) is 29.7 Å². The van der Waals surface area contributed by atoms with Crippen molar-refractivity contribution in [1.82, 2.24) is 15.4 Å². The van der Waals surface area contributed by atoms with Crippen molar-refractivity contribution in [3.63, 3.8) is 0 Å². The first kappa shape index (κ1) is 22.5. The number of hydrogen-bond donors (Lipinski definition) is 3. The largest absolute Gasteiger partial charge is 0.493 e. The number of aliphatic imine (C=N–C) groups is 1. The van der Waals surface area contributed by atoms with E-state index >= 15 is 0 Å². The molecular weight excluding hydrogens is 376 g/mol. The standard InChI is InChI=1S/C20H34N4O3S/c1-6-21-19(23-14-20(3,4)24-28(5,25)26)22-12-17-10-7-15(2)11-18(17)27-13-16-8-9-16/h7,10-11,16,24H,6,8-9,12-14H2,1-5H3,(H2,21,22,23). The third-order valence-electron chi connectivity index (χ3n) is 4.31. The molecule has 28 heavy (non-hydrogen) atoms. The molecule has 0 radical (unpaired) electrons. The predicted octanol–water partition coefficient (Wildman–Crippen LogP) is 2.17. The van der Waals surface area contributed by atoms with Crippen LogP contribution in [0.4, 0.5) is 0 Å². The number of hydrogen-bond acceptors (Lipinski definition) is 4. The second kappa shape index (κ2) is 9.60. The highest BCUT2D eigenvalue weighted by molar-refractivity contribution is 7.88. The number of rotatable bonds is 10. The molecule has 2 rings (SSSR count). The Hall–Kier alpha value is -1.80. The van der Waals surface area contributed by atoms with Gasteiger partial charge in [0.25, 0.3) is 0 Å². The normalized spacial score (nSPS) is 15.4. The molecule has 7 nitrogen and oxygen atoms in total. The van der Waals surface area contributed by atoms with Gasteiger partial charge in [-0.1, -0.05) is 12.1 Å². The number of nitrogens with zero attached hydrogens (tertiary/aromatic N) is 1. The fourth-order valence-corrected chi connectivity index (χ4v) is 3.84. The Morgan fingerprint density at radius 1 is 1.29 bits per heavy atom. The molecule has 0 atom stereocenters. The molecule has 0 aliphatic heterocycles. The Balaban J connectivity index is 2.03. The zero-order valence-corrected chi connectivity index (χ0v) is 18.4. The van der Waals surface area contributed by atoms with Crippen molar-refractivity contribution in [1.29, 1.82) is 0 Å². The number of ether oxygens (including phenoxy) is 1. The lowest BCUT2D eigenvalue weighted by molar-refractivity contribution is 0.296. The Bertz CT molecular complexity index is 787. The number of guanidine groups is 1. The minimum atomic E-state index is -3.28. The number of benzene rings is 1. The van der Waals surface area contributed by atoms with Gasteiger partial charge >= 0.3 is 0 Å². The van der Waals surface area contributed by atoms with Gasteiger partial charge in [0.1, 0.15) is 5.75 Å². The van der Waals surface area contributed by atoms with E-state index < -0.39 is 15.6 Å². The molecule has 1 aliphatic rings. The van der Waals surface area contributed by atoms with Crippen molar-refractivity contribution < 1.29 is 13.2 Å². The van der Waals surface area contributed by atoms with Crippen LogP contribution in [0.1, 0.15) is 44.7 Å². The molecule has 0 saturated heterocycles. The molecular formula is C20H34N4O3S. The second-order valence-corrected chi connectivity index (χ2v) is 9.92. The van der Waals surface area contributed by atoms with Crippen LogP contribution in [0.3, 0.4) is 0 Å². The molecule has 3 N–H and O–H groups in total. The quantitative estimate of drug-likeness (QED) is 0.406. The Morgan fingerprint density at radius 2 is 2.00 bits per heavy atom. The van der Waals surface area contributed by atoms with E-state index in [1.807, 2.05) is 20.8 Å². The summed E-state index contributed by atoms with van der Waals surface area (Å²) in [6.45, 7) is 10.1. The van der Waals surface area contributed by atoms with Crippen LogP contribution in [-0.4, -0.2) is 45.9 Å². The molecule has 0 spiro atoms. The molecule has 0 amide bonds. The smallest absolute Gasteiger partial charge is 0.209 e. The first-order chi connectivity index (χ1) is 13.1. The highest BCUT2D eigenvalue weighted by atomic mass is 32.2. The first-order valence-electron chi connectivity index (χ1n) is 9.81. The highest BCUT2D eigenvalue weighted by Crippen LogP contribution is 2.30. The fraction of sp³-hybridized carbons (Fsp3) is 0.650. The van der Waals surface area contributed by atoms with Gasteiger partial charge in [0, 0.05) is 24.2 Å². The average Bonchev–Trinajstić information content (AvgIpc) is 3.39. The van der Waals surface area contributed by atoms with Gasteiger partial charge in [-0.05, 0) is 58.1 Å². The highest BCUT2D eigenvalue weighted by Gasteiger charge is 2.23. The minimum Gasteiger partial charge on any atom is -0.493 e. The van der Waals surface area contributed by atoms with Gasteiger partial charge in [0.05, 0.1) is 19.4 Å². The topological polar surface area (TPSA) is 91.8 Å². The van der Waals surface area contributed by atoms with Crippen LogP contribution in [0, 0.1) is 12.8 Å². The van der Waals surface area contributed by atoms with E-state index in [2.05, 4.69) is 45.5 Å². The molecule has 1 fully saturated rings. The molecule has 8 heteroatoms. The molecule has 1 aromatic rings. The Kier molecular flexibility index (Phi) is 7.71. The van der Waals surface area contributed by atoms with Crippen molar-refractivity contribution in [2.24, 2.45) is 10.9 Å². The molecule has 1 aliphatic carbocycles. The summed E-state index contributed by atoms with van der Waals surface area (Å²) < 4.78 is 31.7. The second-order valence-electron chi connectivity index (χ2n) is 8.17.